The van der Waals surface area contributed by atoms with E-state index in [9.17, 15) is 19.2 Å². The number of hydrogen-bond acceptors (Lipinski definition) is 8. The van der Waals surface area contributed by atoms with Crippen molar-refractivity contribution in [2.45, 2.75) is 19.3 Å². The highest BCUT2D eigenvalue weighted by molar-refractivity contribution is 6.34. The third kappa shape index (κ3) is 2.83. The van der Waals surface area contributed by atoms with Gasteiger partial charge in [0, 0.05) is 22.4 Å². The highest BCUT2D eigenvalue weighted by Crippen LogP contribution is 2.49. The van der Waals surface area contributed by atoms with Crippen LogP contribution in [0.1, 0.15) is 40.1 Å². The molecule has 8 nitrogen and oxygen atoms in total. The molecule has 0 saturated carbocycles. The van der Waals surface area contributed by atoms with E-state index >= 15 is 0 Å². The Bertz CT molecular complexity index is 1180. The largest absolute Gasteiger partial charge is 0.497 e. The zero-order chi connectivity index (χ0) is 23.0. The first kappa shape index (κ1) is 21.3. The number of rotatable bonds is 5. The smallest absolute Gasteiger partial charge is 0.333 e. The van der Waals surface area contributed by atoms with E-state index in [1.54, 1.807) is 38.1 Å². The van der Waals surface area contributed by atoms with Crippen molar-refractivity contribution < 1.29 is 33.4 Å². The predicted octanol–water partition coefficient (Wildman–Crippen LogP) is 2.82. The van der Waals surface area contributed by atoms with Crippen molar-refractivity contribution in [1.82, 2.24) is 0 Å². The summed E-state index contributed by atoms with van der Waals surface area (Å²) in [7, 11) is 1.44. The van der Waals surface area contributed by atoms with E-state index in [0.717, 1.165) is 0 Å². The van der Waals surface area contributed by atoms with Crippen molar-refractivity contribution in [1.29, 1.82) is 0 Å². The van der Waals surface area contributed by atoms with Crippen molar-refractivity contribution in [2.24, 2.45) is 0 Å². The summed E-state index contributed by atoms with van der Waals surface area (Å²) in [5, 5.41) is 2.96. The third-order valence-corrected chi connectivity index (χ3v) is 5.55. The first-order chi connectivity index (χ1) is 15.4. The molecule has 0 spiro atoms. The van der Waals surface area contributed by atoms with Gasteiger partial charge in [-0.1, -0.05) is 24.3 Å². The maximum Gasteiger partial charge on any atom is 0.333 e. The number of Topliss-reactive ketones (excluding diaryl/α,β-unsaturated/α-hetero) is 2. The minimum atomic E-state index is -2.29. The number of esters is 2. The van der Waals surface area contributed by atoms with Crippen LogP contribution in [0.2, 0.25) is 0 Å². The highest BCUT2D eigenvalue weighted by atomic mass is 16.6. The van der Waals surface area contributed by atoms with Crippen LogP contribution in [0, 0.1) is 0 Å². The summed E-state index contributed by atoms with van der Waals surface area (Å²) in [6.45, 7) is 3.08. The minimum Gasteiger partial charge on any atom is -0.497 e. The first-order valence-electron chi connectivity index (χ1n) is 10.1. The van der Waals surface area contributed by atoms with Crippen LogP contribution in [0.15, 0.2) is 53.7 Å². The van der Waals surface area contributed by atoms with Gasteiger partial charge in [0.25, 0.3) is 0 Å². The molecule has 0 bridgehead atoms. The molecule has 0 amide bonds. The van der Waals surface area contributed by atoms with Gasteiger partial charge < -0.3 is 19.5 Å². The number of anilines is 1. The van der Waals surface area contributed by atoms with Gasteiger partial charge in [-0.3, -0.25) is 19.2 Å². The van der Waals surface area contributed by atoms with Gasteiger partial charge >= 0.3 is 11.9 Å². The molecule has 1 N–H and O–H groups in total. The Balaban J connectivity index is 2.12. The van der Waals surface area contributed by atoms with E-state index in [-0.39, 0.29) is 41.2 Å². The lowest BCUT2D eigenvalue weighted by Gasteiger charge is -2.39. The summed E-state index contributed by atoms with van der Waals surface area (Å²) in [6.07, 6.45) is 0. The van der Waals surface area contributed by atoms with Gasteiger partial charge in [0.05, 0.1) is 31.6 Å². The van der Waals surface area contributed by atoms with Crippen LogP contribution in [-0.4, -0.2) is 43.8 Å². The second kappa shape index (κ2) is 7.96. The molecule has 1 aliphatic heterocycles. The van der Waals surface area contributed by atoms with Crippen LogP contribution in [-0.2, 0) is 24.5 Å². The average molecular weight is 435 g/mol. The number of ether oxygens (including phenoxy) is 3. The number of carbonyl (C=O) groups is 4. The van der Waals surface area contributed by atoms with Crippen molar-refractivity contribution in [3.05, 3.63) is 70.4 Å². The molecule has 1 aliphatic carbocycles. The molecule has 0 radical (unpaired) electrons. The van der Waals surface area contributed by atoms with Crippen LogP contribution < -0.4 is 10.1 Å². The summed E-state index contributed by atoms with van der Waals surface area (Å²) < 4.78 is 15.9. The molecule has 0 fully saturated rings. The van der Waals surface area contributed by atoms with Crippen molar-refractivity contribution in [2.75, 3.05) is 25.6 Å². The fraction of sp³-hybridized carbons (Fsp3) is 0.250. The van der Waals surface area contributed by atoms with E-state index in [4.69, 9.17) is 14.2 Å². The normalized spacial score (nSPS) is 15.7. The molecule has 2 aromatic rings. The predicted molar refractivity (Wildman–Crippen MR) is 114 cm³/mol. The van der Waals surface area contributed by atoms with E-state index in [1.165, 1.54) is 25.3 Å². The molecule has 2 aromatic carbocycles. The number of benzene rings is 2. The lowest BCUT2D eigenvalue weighted by Crippen LogP contribution is -2.54. The maximum absolute atomic E-state index is 13.7. The van der Waals surface area contributed by atoms with Gasteiger partial charge in [-0.05, 0) is 32.0 Å². The number of allylic oxidation sites excluding steroid dienone is 1. The molecular weight excluding hydrogens is 414 g/mol. The molecule has 0 atom stereocenters. The Hall–Kier alpha value is -3.94. The Morgan fingerprint density at radius 2 is 1.50 bits per heavy atom. The lowest BCUT2D eigenvalue weighted by molar-refractivity contribution is -0.162. The fourth-order valence-corrected chi connectivity index (χ4v) is 4.18. The topological polar surface area (TPSA) is 108 Å². The van der Waals surface area contributed by atoms with Gasteiger partial charge in [-0.15, -0.1) is 0 Å². The number of carbonyl (C=O) groups excluding carboxylic acids is 4. The maximum atomic E-state index is 13.7. The standard InChI is InChI=1S/C24H21NO7/c1-4-31-22(28)24(23(29)32-5-2)16-12-13(30-3)10-11-17(16)25-19-18(24)20(26)14-8-6-7-9-15(14)21(19)27/h6-12,25H,4-5H2,1-3H3. The zero-order valence-electron chi connectivity index (χ0n) is 17.8. The zero-order valence-corrected chi connectivity index (χ0v) is 17.8. The van der Waals surface area contributed by atoms with Crippen molar-refractivity contribution in [3.63, 3.8) is 0 Å². The Kier molecular flexibility index (Phi) is 5.30. The number of hydrogen-bond donors (Lipinski definition) is 1. The minimum absolute atomic E-state index is 0.0476. The molecule has 0 saturated heterocycles. The van der Waals surface area contributed by atoms with Gasteiger partial charge in [-0.25, -0.2) is 0 Å². The Morgan fingerprint density at radius 3 is 2.06 bits per heavy atom. The molecule has 8 heteroatoms. The molecule has 4 rings (SSSR count). The Morgan fingerprint density at radius 1 is 0.906 bits per heavy atom. The molecule has 164 valence electrons. The average Bonchev–Trinajstić information content (AvgIpc) is 2.81. The summed E-state index contributed by atoms with van der Waals surface area (Å²) >= 11 is 0. The van der Waals surface area contributed by atoms with Crippen LogP contribution in [0.25, 0.3) is 0 Å². The lowest BCUT2D eigenvalue weighted by atomic mass is 9.65. The molecule has 2 aliphatic rings. The summed E-state index contributed by atoms with van der Waals surface area (Å²) in [4.78, 5) is 54.1. The summed E-state index contributed by atoms with van der Waals surface area (Å²) in [5.41, 5.74) is -2.05. The van der Waals surface area contributed by atoms with Crippen LogP contribution in [0.5, 0.6) is 5.75 Å². The van der Waals surface area contributed by atoms with Gasteiger partial charge in [0.2, 0.25) is 11.2 Å². The molecule has 1 heterocycles. The number of ketones is 2. The summed E-state index contributed by atoms with van der Waals surface area (Å²) in [5.74, 6) is -2.78. The van der Waals surface area contributed by atoms with Gasteiger partial charge in [0.15, 0.2) is 5.78 Å². The fourth-order valence-electron chi connectivity index (χ4n) is 4.18. The van der Waals surface area contributed by atoms with E-state index in [1.807, 2.05) is 0 Å². The third-order valence-electron chi connectivity index (χ3n) is 5.55. The van der Waals surface area contributed by atoms with Crippen LogP contribution >= 0.6 is 0 Å². The SMILES string of the molecule is CCOC(=O)C1(C(=O)OCC)C2=C(Nc3ccc(OC)cc31)C(=O)c1ccccc1C2=O. The number of methoxy groups -OCH3 is 1. The van der Waals surface area contributed by atoms with Gasteiger partial charge in [0.1, 0.15) is 5.75 Å². The molecule has 32 heavy (non-hydrogen) atoms. The second-order valence-electron chi connectivity index (χ2n) is 7.18. The van der Waals surface area contributed by atoms with Crippen LogP contribution in [0.3, 0.4) is 0 Å². The quantitative estimate of drug-likeness (QED) is 0.564. The molecular formula is C24H21NO7. The van der Waals surface area contributed by atoms with E-state index in [2.05, 4.69) is 5.32 Å². The molecule has 0 unspecified atom stereocenters. The van der Waals surface area contributed by atoms with Crippen LogP contribution in [0.4, 0.5) is 5.69 Å². The number of nitrogens with one attached hydrogen (secondary N) is 1. The number of fused-ring (bicyclic) bond motifs is 2. The Labute approximate surface area is 184 Å². The van der Waals surface area contributed by atoms with E-state index in [0.29, 0.717) is 11.4 Å². The first-order valence-corrected chi connectivity index (χ1v) is 10.1. The summed E-state index contributed by atoms with van der Waals surface area (Å²) in [6, 6.07) is 10.9. The van der Waals surface area contributed by atoms with E-state index < -0.39 is 28.9 Å². The van der Waals surface area contributed by atoms with Gasteiger partial charge in [-0.2, -0.15) is 0 Å². The molecule has 0 aromatic heterocycles. The highest BCUT2D eigenvalue weighted by Gasteiger charge is 2.61. The van der Waals surface area contributed by atoms with Crippen molar-refractivity contribution >= 4 is 29.2 Å². The van der Waals surface area contributed by atoms with Crippen molar-refractivity contribution in [3.8, 4) is 5.75 Å². The monoisotopic (exact) mass is 435 g/mol. The second-order valence-corrected chi connectivity index (χ2v) is 7.18.